The zero-order chi connectivity index (χ0) is 19.1. The minimum absolute atomic E-state index is 0.0593. The van der Waals surface area contributed by atoms with Gasteiger partial charge in [0.15, 0.2) is 19.7 Å². The minimum atomic E-state index is -3.36. The minimum Gasteiger partial charge on any atom is -0.369 e. The molecule has 1 aromatic rings. The third-order valence-corrected chi connectivity index (χ3v) is 5.77. The third kappa shape index (κ3) is 6.56. The lowest BCUT2D eigenvalue weighted by molar-refractivity contribution is 0.603. The Morgan fingerprint density at radius 3 is 2.12 bits per heavy atom. The molecule has 1 rings (SSSR count). The Hall–Kier alpha value is -2.38. The van der Waals surface area contributed by atoms with Gasteiger partial charge in [-0.2, -0.15) is 5.26 Å². The topological polar surface area (TPSA) is 129 Å². The van der Waals surface area contributed by atoms with Crippen LogP contribution >= 0.6 is 0 Å². The van der Waals surface area contributed by atoms with Gasteiger partial charge in [-0.25, -0.2) is 21.8 Å². The van der Waals surface area contributed by atoms with Crippen LogP contribution in [0.5, 0.6) is 0 Å². The lowest BCUT2D eigenvalue weighted by Gasteiger charge is -2.12. The Morgan fingerprint density at radius 1 is 1.12 bits per heavy atom. The summed E-state index contributed by atoms with van der Waals surface area (Å²) in [6.45, 7) is 8.35. The van der Waals surface area contributed by atoms with Crippen LogP contribution in [-0.2, 0) is 19.7 Å². The van der Waals surface area contributed by atoms with Crippen LogP contribution in [0.15, 0.2) is 30.0 Å². The van der Waals surface area contributed by atoms with Gasteiger partial charge < -0.3 is 10.6 Å². The number of aromatic nitrogens is 1. The standard InChI is InChI=1S/C15H20N4O4S2/c1-4-24(20,21)8-6-17-14-10-12(3)13(11-16)15(19-14)18-7-9-25(22,23)5-2/h4-5,10H,1-2,6-9H2,3H3,(H2,17,18,19). The van der Waals surface area contributed by atoms with E-state index in [4.69, 9.17) is 0 Å². The number of sulfone groups is 2. The monoisotopic (exact) mass is 384 g/mol. The highest BCUT2D eigenvalue weighted by molar-refractivity contribution is 7.94. The highest BCUT2D eigenvalue weighted by Crippen LogP contribution is 2.20. The molecule has 0 saturated heterocycles. The van der Waals surface area contributed by atoms with E-state index in [1.807, 2.05) is 6.07 Å². The van der Waals surface area contributed by atoms with E-state index < -0.39 is 19.7 Å². The zero-order valence-corrected chi connectivity index (χ0v) is 15.5. The van der Waals surface area contributed by atoms with Crippen molar-refractivity contribution in [2.75, 3.05) is 35.2 Å². The van der Waals surface area contributed by atoms with Crippen LogP contribution in [0.3, 0.4) is 0 Å². The van der Waals surface area contributed by atoms with Gasteiger partial charge in [-0.05, 0) is 18.6 Å². The van der Waals surface area contributed by atoms with Crippen LogP contribution in [0.25, 0.3) is 0 Å². The molecule has 2 N–H and O–H groups in total. The van der Waals surface area contributed by atoms with Crippen molar-refractivity contribution < 1.29 is 16.8 Å². The summed E-state index contributed by atoms with van der Waals surface area (Å²) in [5, 5.41) is 16.7. The van der Waals surface area contributed by atoms with Crippen LogP contribution in [0.4, 0.5) is 11.6 Å². The third-order valence-electron chi connectivity index (χ3n) is 3.21. The quantitative estimate of drug-likeness (QED) is 0.616. The Morgan fingerprint density at radius 2 is 1.64 bits per heavy atom. The fourth-order valence-electron chi connectivity index (χ4n) is 1.83. The Kier molecular flexibility index (Phi) is 7.14. The van der Waals surface area contributed by atoms with E-state index in [1.165, 1.54) is 0 Å². The molecule has 0 aromatic carbocycles. The smallest absolute Gasteiger partial charge is 0.172 e. The number of nitrogens with one attached hydrogen (secondary N) is 2. The van der Waals surface area contributed by atoms with Crippen LogP contribution in [0, 0.1) is 18.3 Å². The fraction of sp³-hybridized carbons (Fsp3) is 0.333. The molecule has 136 valence electrons. The van der Waals surface area contributed by atoms with E-state index in [-0.39, 0.29) is 30.4 Å². The van der Waals surface area contributed by atoms with Gasteiger partial charge in [-0.1, -0.05) is 13.2 Å². The SMILES string of the molecule is C=CS(=O)(=O)CCNc1cc(C)c(C#N)c(NCCS(=O)(=O)C=C)n1. The molecular weight excluding hydrogens is 364 g/mol. The molecule has 0 saturated carbocycles. The maximum absolute atomic E-state index is 11.4. The molecule has 1 aromatic heterocycles. The van der Waals surface area contributed by atoms with E-state index >= 15 is 0 Å². The molecular formula is C15H20N4O4S2. The number of nitrogens with zero attached hydrogens (tertiary/aromatic N) is 2. The largest absolute Gasteiger partial charge is 0.369 e. The first-order chi connectivity index (χ1) is 11.6. The number of aryl methyl sites for hydroxylation is 1. The van der Waals surface area contributed by atoms with Crippen LogP contribution in [0.1, 0.15) is 11.1 Å². The number of rotatable bonds is 10. The second-order valence-electron chi connectivity index (χ2n) is 5.08. The van der Waals surface area contributed by atoms with Crippen molar-refractivity contribution in [3.8, 4) is 6.07 Å². The fourth-order valence-corrected chi connectivity index (χ4v) is 2.94. The van der Waals surface area contributed by atoms with Crippen LogP contribution in [0.2, 0.25) is 0 Å². The van der Waals surface area contributed by atoms with Gasteiger partial charge in [0.1, 0.15) is 17.7 Å². The normalized spacial score (nSPS) is 11.4. The van der Waals surface area contributed by atoms with E-state index in [0.717, 1.165) is 10.8 Å². The maximum atomic E-state index is 11.4. The van der Waals surface area contributed by atoms with Crippen LogP contribution < -0.4 is 10.6 Å². The van der Waals surface area contributed by atoms with Gasteiger partial charge in [0, 0.05) is 23.9 Å². The predicted octanol–water partition coefficient (Wildman–Crippen LogP) is 1.20. The molecule has 0 aliphatic rings. The molecule has 0 atom stereocenters. The summed E-state index contributed by atoms with van der Waals surface area (Å²) in [7, 11) is -6.69. The molecule has 0 amide bonds. The van der Waals surface area contributed by atoms with Crippen molar-refractivity contribution in [1.82, 2.24) is 4.98 Å². The van der Waals surface area contributed by atoms with Gasteiger partial charge in [-0.3, -0.25) is 0 Å². The maximum Gasteiger partial charge on any atom is 0.172 e. The van der Waals surface area contributed by atoms with E-state index in [2.05, 4.69) is 28.8 Å². The second-order valence-corrected chi connectivity index (χ2v) is 9.22. The molecule has 8 nitrogen and oxygen atoms in total. The highest BCUT2D eigenvalue weighted by Gasteiger charge is 2.12. The van der Waals surface area contributed by atoms with Crippen molar-refractivity contribution in [3.05, 3.63) is 41.2 Å². The Labute approximate surface area is 148 Å². The van der Waals surface area contributed by atoms with Crippen molar-refractivity contribution in [1.29, 1.82) is 5.26 Å². The first-order valence-electron chi connectivity index (χ1n) is 7.24. The molecule has 1 heterocycles. The predicted molar refractivity (Wildman–Crippen MR) is 98.6 cm³/mol. The molecule has 25 heavy (non-hydrogen) atoms. The van der Waals surface area contributed by atoms with Gasteiger partial charge >= 0.3 is 0 Å². The highest BCUT2D eigenvalue weighted by atomic mass is 32.2. The number of anilines is 2. The number of hydrogen-bond donors (Lipinski definition) is 2. The number of hydrogen-bond acceptors (Lipinski definition) is 8. The van der Waals surface area contributed by atoms with Gasteiger partial charge in [0.25, 0.3) is 0 Å². The van der Waals surface area contributed by atoms with Gasteiger partial charge in [-0.15, -0.1) is 0 Å². The second kappa shape index (κ2) is 8.64. The molecule has 0 bridgehead atoms. The molecule has 10 heteroatoms. The molecule has 0 fully saturated rings. The van der Waals surface area contributed by atoms with Crippen molar-refractivity contribution in [3.63, 3.8) is 0 Å². The van der Waals surface area contributed by atoms with E-state index in [0.29, 0.717) is 16.9 Å². The summed E-state index contributed by atoms with van der Waals surface area (Å²) in [6.07, 6.45) is 0. The molecule has 0 aliphatic heterocycles. The summed E-state index contributed by atoms with van der Waals surface area (Å²) < 4.78 is 45.6. The Balaban J connectivity index is 2.89. The summed E-state index contributed by atoms with van der Waals surface area (Å²) in [5.74, 6) is 0.287. The first-order valence-corrected chi connectivity index (χ1v) is 10.7. The summed E-state index contributed by atoms with van der Waals surface area (Å²) in [6, 6.07) is 3.63. The van der Waals surface area contributed by atoms with Crippen molar-refractivity contribution >= 4 is 31.3 Å². The Bertz CT molecular complexity index is 900. The molecule has 0 spiro atoms. The number of pyridine rings is 1. The summed E-state index contributed by atoms with van der Waals surface area (Å²) in [5.41, 5.74) is 0.918. The van der Waals surface area contributed by atoms with Crippen molar-refractivity contribution in [2.24, 2.45) is 0 Å². The average Bonchev–Trinajstić information content (AvgIpc) is 2.54. The zero-order valence-electron chi connectivity index (χ0n) is 13.8. The van der Waals surface area contributed by atoms with Crippen molar-refractivity contribution in [2.45, 2.75) is 6.92 Å². The average molecular weight is 384 g/mol. The van der Waals surface area contributed by atoms with E-state index in [9.17, 15) is 22.1 Å². The summed E-state index contributed by atoms with van der Waals surface area (Å²) >= 11 is 0. The molecule has 0 aliphatic carbocycles. The molecule has 0 unspecified atom stereocenters. The number of nitriles is 1. The van der Waals surface area contributed by atoms with Gasteiger partial charge in [0.05, 0.1) is 17.1 Å². The summed E-state index contributed by atoms with van der Waals surface area (Å²) in [4.78, 5) is 4.21. The lowest BCUT2D eigenvalue weighted by Crippen LogP contribution is -2.17. The van der Waals surface area contributed by atoms with Gasteiger partial charge in [0.2, 0.25) is 0 Å². The van der Waals surface area contributed by atoms with E-state index in [1.54, 1.807) is 13.0 Å². The first kappa shape index (κ1) is 20.7. The van der Waals surface area contributed by atoms with Crippen LogP contribution in [-0.4, -0.2) is 46.4 Å². The lowest BCUT2D eigenvalue weighted by atomic mass is 10.1. The molecule has 0 radical (unpaired) electrons.